The third-order valence-electron chi connectivity index (χ3n) is 4.22. The van der Waals surface area contributed by atoms with Crippen LogP contribution in [0.25, 0.3) is 0 Å². The van der Waals surface area contributed by atoms with Crippen molar-refractivity contribution in [3.8, 4) is 0 Å². The zero-order chi connectivity index (χ0) is 17.6. The molecule has 1 aliphatic rings. The average Bonchev–Trinajstić information content (AvgIpc) is 3.25. The molecular formula is C17H20N4O4. The number of nitrogens with one attached hydrogen (secondary N) is 2. The number of rotatable bonds is 6. The largest absolute Gasteiger partial charge is 0.438 e. The highest BCUT2D eigenvalue weighted by Crippen LogP contribution is 2.19. The predicted octanol–water partition coefficient (Wildman–Crippen LogP) is 0.255. The zero-order valence-electron chi connectivity index (χ0n) is 13.7. The molecule has 3 rings (SSSR count). The lowest BCUT2D eigenvalue weighted by Crippen LogP contribution is -2.46. The Balaban J connectivity index is 1.52. The van der Waals surface area contributed by atoms with Gasteiger partial charge in [-0.25, -0.2) is 4.79 Å². The van der Waals surface area contributed by atoms with Gasteiger partial charge in [0, 0.05) is 19.5 Å². The van der Waals surface area contributed by atoms with Crippen molar-refractivity contribution < 1.29 is 14.1 Å². The monoisotopic (exact) mass is 344 g/mol. The van der Waals surface area contributed by atoms with E-state index < -0.39 is 11.8 Å². The second-order valence-electron chi connectivity index (χ2n) is 5.99. The molecule has 1 aromatic heterocycles. The number of likely N-dealkylation sites (tertiary alicyclic amines) is 1. The van der Waals surface area contributed by atoms with E-state index in [1.807, 2.05) is 30.3 Å². The van der Waals surface area contributed by atoms with Gasteiger partial charge in [-0.3, -0.25) is 19.1 Å². The van der Waals surface area contributed by atoms with Gasteiger partial charge in [0.15, 0.2) is 5.82 Å². The van der Waals surface area contributed by atoms with Crippen LogP contribution < -0.4 is 11.1 Å². The Morgan fingerprint density at radius 3 is 2.84 bits per heavy atom. The molecule has 0 saturated carbocycles. The molecule has 2 N–H and O–H groups in total. The Kier molecular flexibility index (Phi) is 5.27. The minimum Gasteiger partial charge on any atom is -0.354 e. The van der Waals surface area contributed by atoms with E-state index >= 15 is 0 Å². The van der Waals surface area contributed by atoms with Gasteiger partial charge in [0.1, 0.15) is 6.04 Å². The van der Waals surface area contributed by atoms with E-state index in [1.54, 1.807) is 4.90 Å². The molecule has 2 aromatic rings. The van der Waals surface area contributed by atoms with Gasteiger partial charge in [0.25, 0.3) is 0 Å². The average molecular weight is 344 g/mol. The second-order valence-corrected chi connectivity index (χ2v) is 5.99. The molecule has 2 heterocycles. The Morgan fingerprint density at radius 2 is 2.12 bits per heavy atom. The molecule has 1 unspecified atom stereocenters. The highest BCUT2D eigenvalue weighted by atomic mass is 16.5. The van der Waals surface area contributed by atoms with Crippen LogP contribution in [0.4, 0.5) is 0 Å². The third kappa shape index (κ3) is 4.34. The van der Waals surface area contributed by atoms with Gasteiger partial charge in [0.05, 0.1) is 6.42 Å². The van der Waals surface area contributed by atoms with E-state index in [0.717, 1.165) is 12.0 Å². The summed E-state index contributed by atoms with van der Waals surface area (Å²) in [6.45, 7) is 0.916. The number of hydrogen-bond donors (Lipinski definition) is 2. The number of amides is 2. The first kappa shape index (κ1) is 16.9. The van der Waals surface area contributed by atoms with Gasteiger partial charge >= 0.3 is 5.76 Å². The van der Waals surface area contributed by atoms with E-state index in [1.165, 1.54) is 0 Å². The Bertz CT molecular complexity index is 783. The van der Waals surface area contributed by atoms with Crippen LogP contribution in [0.15, 0.2) is 39.6 Å². The van der Waals surface area contributed by atoms with Crippen LogP contribution in [-0.4, -0.2) is 46.0 Å². The molecule has 1 fully saturated rings. The molecule has 0 spiro atoms. The van der Waals surface area contributed by atoms with Crippen LogP contribution in [0.5, 0.6) is 0 Å². The molecule has 1 atom stereocenters. The van der Waals surface area contributed by atoms with Crippen molar-refractivity contribution in [2.75, 3.05) is 13.1 Å². The number of aromatic nitrogens is 2. The van der Waals surface area contributed by atoms with E-state index in [-0.39, 0.29) is 11.8 Å². The fourth-order valence-electron chi connectivity index (χ4n) is 3.00. The van der Waals surface area contributed by atoms with Gasteiger partial charge in [-0.05, 0) is 18.4 Å². The fraction of sp³-hybridized carbons (Fsp3) is 0.412. The molecular weight excluding hydrogens is 324 g/mol. The number of nitrogens with zero attached hydrogens (tertiary/aromatic N) is 2. The van der Waals surface area contributed by atoms with Crippen LogP contribution in [-0.2, 0) is 22.4 Å². The molecule has 1 saturated heterocycles. The summed E-state index contributed by atoms with van der Waals surface area (Å²) in [5, 5.41) is 6.34. The standard InChI is InChI=1S/C17H20N4O4/c22-15(11-12-5-2-1-3-6-12)21-10-4-7-13(21)16(23)18-9-8-14-19-17(24)25-20-14/h1-3,5-6,13H,4,7-11H2,(H,18,23)(H,19,20,24). The predicted molar refractivity (Wildman–Crippen MR) is 88.7 cm³/mol. The first-order valence-corrected chi connectivity index (χ1v) is 8.29. The van der Waals surface area contributed by atoms with Crippen molar-refractivity contribution in [1.29, 1.82) is 0 Å². The molecule has 0 bridgehead atoms. The van der Waals surface area contributed by atoms with Crippen molar-refractivity contribution >= 4 is 11.8 Å². The summed E-state index contributed by atoms with van der Waals surface area (Å²) in [6, 6.07) is 9.06. The molecule has 8 heteroatoms. The van der Waals surface area contributed by atoms with Crippen LogP contribution >= 0.6 is 0 Å². The summed E-state index contributed by atoms with van der Waals surface area (Å²) >= 11 is 0. The third-order valence-corrected chi connectivity index (χ3v) is 4.22. The molecule has 1 aromatic carbocycles. The molecule has 2 amide bonds. The summed E-state index contributed by atoms with van der Waals surface area (Å²) in [5.74, 6) is -0.446. The maximum absolute atomic E-state index is 12.5. The number of carbonyl (C=O) groups is 2. The van der Waals surface area contributed by atoms with E-state index in [9.17, 15) is 14.4 Å². The molecule has 8 nitrogen and oxygen atoms in total. The van der Waals surface area contributed by atoms with Gasteiger partial charge in [0.2, 0.25) is 11.8 Å². The lowest BCUT2D eigenvalue weighted by molar-refractivity contribution is -0.137. The van der Waals surface area contributed by atoms with Crippen molar-refractivity contribution in [3.05, 3.63) is 52.3 Å². The van der Waals surface area contributed by atoms with Gasteiger partial charge < -0.3 is 10.2 Å². The molecule has 1 aliphatic heterocycles. The zero-order valence-corrected chi connectivity index (χ0v) is 13.7. The number of hydrogen-bond acceptors (Lipinski definition) is 5. The highest BCUT2D eigenvalue weighted by molar-refractivity contribution is 5.89. The molecule has 0 aliphatic carbocycles. The van der Waals surface area contributed by atoms with Crippen molar-refractivity contribution in [1.82, 2.24) is 20.4 Å². The van der Waals surface area contributed by atoms with Crippen LogP contribution in [0.1, 0.15) is 24.2 Å². The maximum Gasteiger partial charge on any atom is 0.438 e. The Labute approximate surface area is 144 Å². The number of H-pyrrole nitrogens is 1. The van der Waals surface area contributed by atoms with E-state index in [4.69, 9.17) is 0 Å². The van der Waals surface area contributed by atoms with Crippen molar-refractivity contribution in [2.45, 2.75) is 31.7 Å². The van der Waals surface area contributed by atoms with Crippen molar-refractivity contribution in [3.63, 3.8) is 0 Å². The van der Waals surface area contributed by atoms with Gasteiger partial charge in [-0.15, -0.1) is 0 Å². The van der Waals surface area contributed by atoms with Crippen molar-refractivity contribution in [2.24, 2.45) is 0 Å². The minimum atomic E-state index is -0.616. The second kappa shape index (κ2) is 7.78. The minimum absolute atomic E-state index is 0.0373. The summed E-state index contributed by atoms with van der Waals surface area (Å²) in [5.41, 5.74) is 0.938. The topological polar surface area (TPSA) is 108 Å². The lowest BCUT2D eigenvalue weighted by atomic mass is 10.1. The molecule has 132 valence electrons. The van der Waals surface area contributed by atoms with Crippen LogP contribution in [0.3, 0.4) is 0 Å². The molecule has 0 radical (unpaired) electrons. The number of benzene rings is 1. The lowest BCUT2D eigenvalue weighted by Gasteiger charge is -2.24. The fourth-order valence-corrected chi connectivity index (χ4v) is 3.00. The SMILES string of the molecule is O=C(NCCc1noc(=O)[nH]1)C1CCCN1C(=O)Cc1ccccc1. The first-order chi connectivity index (χ1) is 12.1. The van der Waals surface area contributed by atoms with Crippen LogP contribution in [0, 0.1) is 0 Å². The summed E-state index contributed by atoms with van der Waals surface area (Å²) in [6.07, 6.45) is 2.13. The van der Waals surface area contributed by atoms with Gasteiger partial charge in [-0.1, -0.05) is 35.5 Å². The summed E-state index contributed by atoms with van der Waals surface area (Å²) in [7, 11) is 0. The molecule has 25 heavy (non-hydrogen) atoms. The Hall–Kier alpha value is -2.90. The van der Waals surface area contributed by atoms with E-state index in [0.29, 0.717) is 38.2 Å². The van der Waals surface area contributed by atoms with Crippen LogP contribution in [0.2, 0.25) is 0 Å². The Morgan fingerprint density at radius 1 is 1.32 bits per heavy atom. The normalized spacial score (nSPS) is 16.8. The number of carbonyl (C=O) groups excluding carboxylic acids is 2. The van der Waals surface area contributed by atoms with Gasteiger partial charge in [-0.2, -0.15) is 0 Å². The number of aromatic amines is 1. The summed E-state index contributed by atoms with van der Waals surface area (Å²) in [4.78, 5) is 39.8. The highest BCUT2D eigenvalue weighted by Gasteiger charge is 2.33. The quantitative estimate of drug-likeness (QED) is 0.781. The smallest absolute Gasteiger partial charge is 0.354 e. The van der Waals surface area contributed by atoms with E-state index in [2.05, 4.69) is 20.0 Å². The first-order valence-electron chi connectivity index (χ1n) is 8.29. The summed E-state index contributed by atoms with van der Waals surface area (Å²) < 4.78 is 4.40. The maximum atomic E-state index is 12.5.